The highest BCUT2D eigenvalue weighted by Gasteiger charge is 2.18. The molecule has 0 aliphatic carbocycles. The van der Waals surface area contributed by atoms with Crippen molar-refractivity contribution in [2.75, 3.05) is 17.6 Å². The lowest BCUT2D eigenvalue weighted by Gasteiger charge is -2.09. The fourth-order valence-electron chi connectivity index (χ4n) is 1.02. The zero-order valence-corrected chi connectivity index (χ0v) is 11.2. The van der Waals surface area contributed by atoms with Crippen LogP contribution in [0.4, 0.5) is 5.69 Å². The average Bonchev–Trinajstić information content (AvgIpc) is 2.23. The molecule has 0 amide bonds. The number of para-hydroxylation sites is 1. The fourth-order valence-corrected chi connectivity index (χ4v) is 2.38. The van der Waals surface area contributed by atoms with Crippen molar-refractivity contribution in [2.45, 2.75) is 0 Å². The fraction of sp³-hybridized carbons (Fsp3) is 0.222. The number of carbonyl (C=O) groups excluding carboxylic acids is 1. The summed E-state index contributed by atoms with van der Waals surface area (Å²) in [5.74, 6) is -1.94. The van der Waals surface area contributed by atoms with Gasteiger partial charge in [-0.3, -0.25) is 9.52 Å². The minimum absolute atomic E-state index is 0.0109. The van der Waals surface area contributed by atoms with Crippen molar-refractivity contribution in [3.05, 3.63) is 22.7 Å². The van der Waals surface area contributed by atoms with E-state index >= 15 is 0 Å². The van der Waals surface area contributed by atoms with E-state index in [4.69, 9.17) is 0 Å². The van der Waals surface area contributed by atoms with Crippen LogP contribution in [0.5, 0.6) is 5.75 Å². The van der Waals surface area contributed by atoms with Crippen LogP contribution in [0, 0.1) is 0 Å². The van der Waals surface area contributed by atoms with Gasteiger partial charge in [-0.15, -0.1) is 0 Å². The van der Waals surface area contributed by atoms with Crippen molar-refractivity contribution >= 4 is 37.6 Å². The second-order valence-corrected chi connectivity index (χ2v) is 5.65. The maximum absolute atomic E-state index is 11.5. The number of nitrogens with one attached hydrogen (secondary N) is 1. The van der Waals surface area contributed by atoms with Crippen molar-refractivity contribution in [3.63, 3.8) is 0 Å². The molecule has 94 valence electrons. The minimum Gasteiger partial charge on any atom is -0.505 e. The van der Waals surface area contributed by atoms with E-state index < -0.39 is 21.7 Å². The summed E-state index contributed by atoms with van der Waals surface area (Å²) in [5, 5.41) is 9.56. The number of aromatic hydroxyl groups is 1. The van der Waals surface area contributed by atoms with Gasteiger partial charge in [0.05, 0.1) is 17.3 Å². The number of esters is 1. The van der Waals surface area contributed by atoms with Crippen LogP contribution in [0.1, 0.15) is 0 Å². The second kappa shape index (κ2) is 5.37. The van der Waals surface area contributed by atoms with Gasteiger partial charge in [-0.25, -0.2) is 8.42 Å². The Balaban J connectivity index is 2.91. The van der Waals surface area contributed by atoms with E-state index in [1.165, 1.54) is 6.07 Å². The number of ether oxygens (including phenoxy) is 1. The molecule has 0 saturated carbocycles. The Hall–Kier alpha value is -1.28. The minimum atomic E-state index is -3.89. The maximum atomic E-state index is 11.5. The molecule has 0 heterocycles. The molecule has 0 atom stereocenters. The van der Waals surface area contributed by atoms with Gasteiger partial charge in [-0.1, -0.05) is 6.07 Å². The Morgan fingerprint density at radius 3 is 2.76 bits per heavy atom. The number of halogens is 1. The molecule has 6 nitrogen and oxygen atoms in total. The molecule has 0 aliphatic heterocycles. The molecule has 0 fully saturated rings. The second-order valence-electron chi connectivity index (χ2n) is 3.07. The highest BCUT2D eigenvalue weighted by molar-refractivity contribution is 9.10. The molecule has 8 heteroatoms. The Morgan fingerprint density at radius 2 is 2.18 bits per heavy atom. The number of carbonyl (C=O) groups is 1. The van der Waals surface area contributed by atoms with Crippen molar-refractivity contribution in [3.8, 4) is 5.75 Å². The van der Waals surface area contributed by atoms with Crippen LogP contribution in [0.2, 0.25) is 0 Å². The van der Waals surface area contributed by atoms with Crippen LogP contribution in [0.25, 0.3) is 0 Å². The van der Waals surface area contributed by atoms with Gasteiger partial charge in [0.15, 0.2) is 11.5 Å². The number of anilines is 1. The molecule has 0 aromatic heterocycles. The predicted octanol–water partition coefficient (Wildman–Crippen LogP) is 1.07. The topological polar surface area (TPSA) is 92.7 Å². The Labute approximate surface area is 107 Å². The van der Waals surface area contributed by atoms with Crippen LogP contribution in [-0.4, -0.2) is 32.4 Å². The predicted molar refractivity (Wildman–Crippen MR) is 65.2 cm³/mol. The molecule has 2 N–H and O–H groups in total. The summed E-state index contributed by atoms with van der Waals surface area (Å²) in [6, 6.07) is 4.46. The summed E-state index contributed by atoms with van der Waals surface area (Å²) in [6.45, 7) is 0. The van der Waals surface area contributed by atoms with E-state index in [2.05, 4.69) is 25.4 Å². The molecule has 0 saturated heterocycles. The van der Waals surface area contributed by atoms with Gasteiger partial charge in [-0.05, 0) is 28.1 Å². The van der Waals surface area contributed by atoms with Crippen LogP contribution in [-0.2, 0) is 19.6 Å². The average molecular weight is 324 g/mol. The molecule has 0 aliphatic rings. The largest absolute Gasteiger partial charge is 0.505 e. The zero-order chi connectivity index (χ0) is 13.1. The summed E-state index contributed by atoms with van der Waals surface area (Å²) >= 11 is 3.04. The Bertz CT molecular complexity index is 528. The highest BCUT2D eigenvalue weighted by Crippen LogP contribution is 2.32. The third-order valence-corrected chi connectivity index (χ3v) is 3.57. The van der Waals surface area contributed by atoms with Gasteiger partial charge in [0.25, 0.3) is 0 Å². The number of hydrogen-bond donors (Lipinski definition) is 2. The zero-order valence-electron chi connectivity index (χ0n) is 8.81. The first kappa shape index (κ1) is 13.8. The van der Waals surface area contributed by atoms with Crippen LogP contribution >= 0.6 is 15.9 Å². The van der Waals surface area contributed by atoms with E-state index in [1.807, 2.05) is 0 Å². The number of phenolic OH excluding ortho intramolecular Hbond substituents is 1. The Kier molecular flexibility index (Phi) is 4.35. The molecule has 1 aromatic rings. The first-order valence-corrected chi connectivity index (χ1v) is 6.85. The van der Waals surface area contributed by atoms with Crippen molar-refractivity contribution in [2.24, 2.45) is 0 Å². The first-order chi connectivity index (χ1) is 7.85. The van der Waals surface area contributed by atoms with E-state index in [1.54, 1.807) is 12.1 Å². The summed E-state index contributed by atoms with van der Waals surface area (Å²) in [7, 11) is -2.80. The lowest BCUT2D eigenvalue weighted by Crippen LogP contribution is -2.23. The number of phenols is 1. The third-order valence-electron chi connectivity index (χ3n) is 1.79. The van der Waals surface area contributed by atoms with Gasteiger partial charge in [0.2, 0.25) is 10.0 Å². The molecule has 1 rings (SSSR count). The molecule has 17 heavy (non-hydrogen) atoms. The van der Waals surface area contributed by atoms with Gasteiger partial charge in [0.1, 0.15) is 0 Å². The van der Waals surface area contributed by atoms with Crippen LogP contribution < -0.4 is 4.72 Å². The SMILES string of the molecule is COC(=O)CS(=O)(=O)Nc1cccc(Br)c1O. The number of methoxy groups -OCH3 is 1. The van der Waals surface area contributed by atoms with E-state index in [-0.39, 0.29) is 11.4 Å². The Morgan fingerprint density at radius 1 is 1.53 bits per heavy atom. The summed E-state index contributed by atoms with van der Waals surface area (Å²) in [4.78, 5) is 10.9. The lowest BCUT2D eigenvalue weighted by atomic mass is 10.3. The van der Waals surface area contributed by atoms with Crippen molar-refractivity contribution in [1.82, 2.24) is 0 Å². The number of sulfonamides is 1. The van der Waals surface area contributed by atoms with Crippen molar-refractivity contribution in [1.29, 1.82) is 0 Å². The first-order valence-electron chi connectivity index (χ1n) is 4.40. The molecule has 0 bridgehead atoms. The quantitative estimate of drug-likeness (QED) is 0.638. The van der Waals surface area contributed by atoms with Crippen LogP contribution in [0.3, 0.4) is 0 Å². The lowest BCUT2D eigenvalue weighted by molar-refractivity contribution is -0.137. The standard InChI is InChI=1S/C9H10BrNO5S/c1-16-8(12)5-17(14,15)11-7-4-2-3-6(10)9(7)13/h2-4,11,13H,5H2,1H3. The third kappa shape index (κ3) is 3.90. The maximum Gasteiger partial charge on any atom is 0.322 e. The normalized spacial score (nSPS) is 10.9. The summed E-state index contributed by atoms with van der Waals surface area (Å²) < 4.78 is 29.7. The number of hydrogen-bond acceptors (Lipinski definition) is 5. The number of benzene rings is 1. The van der Waals surface area contributed by atoms with Gasteiger partial charge in [-0.2, -0.15) is 0 Å². The molecule has 0 spiro atoms. The summed E-state index contributed by atoms with van der Waals surface area (Å²) in [5.41, 5.74) is -0.0109. The van der Waals surface area contributed by atoms with Crippen LogP contribution in [0.15, 0.2) is 22.7 Å². The molecular formula is C9H10BrNO5S. The van der Waals surface area contributed by atoms with E-state index in [0.29, 0.717) is 4.47 Å². The van der Waals surface area contributed by atoms with Gasteiger partial charge in [0, 0.05) is 0 Å². The van der Waals surface area contributed by atoms with E-state index in [9.17, 15) is 18.3 Å². The highest BCUT2D eigenvalue weighted by atomic mass is 79.9. The molecular weight excluding hydrogens is 314 g/mol. The smallest absolute Gasteiger partial charge is 0.322 e. The molecule has 1 aromatic carbocycles. The monoisotopic (exact) mass is 323 g/mol. The van der Waals surface area contributed by atoms with E-state index in [0.717, 1.165) is 7.11 Å². The van der Waals surface area contributed by atoms with Gasteiger partial charge < -0.3 is 9.84 Å². The summed E-state index contributed by atoms with van der Waals surface area (Å²) in [6.07, 6.45) is 0. The molecule has 0 radical (unpaired) electrons. The van der Waals surface area contributed by atoms with Crippen molar-refractivity contribution < 1.29 is 23.1 Å². The van der Waals surface area contributed by atoms with Gasteiger partial charge >= 0.3 is 5.97 Å². The molecule has 0 unspecified atom stereocenters. The number of rotatable bonds is 4.